The zero-order valence-electron chi connectivity index (χ0n) is 18.1. The topological polar surface area (TPSA) is 77.1 Å². The van der Waals surface area contributed by atoms with Gasteiger partial charge in [0, 0.05) is 37.3 Å². The van der Waals surface area contributed by atoms with Crippen molar-refractivity contribution in [3.05, 3.63) is 58.9 Å². The van der Waals surface area contributed by atoms with Gasteiger partial charge in [-0.15, -0.1) is 0 Å². The van der Waals surface area contributed by atoms with Crippen LogP contribution in [0, 0.1) is 5.82 Å². The standard InChI is InChI=1S/C22H28ClFN2O5S/c1-16-15-26(10-11-30-16)21(22-19(23)4-3-5-20(22)24)14-25-32(27,28)18-8-6-17(7-9-18)31-13-12-29-2/h3-9,16,21,25H,10-15H2,1-2H3/t16-,21-/m0/s1. The molecule has 1 aliphatic rings. The second-order valence-electron chi connectivity index (χ2n) is 7.49. The third-order valence-corrected chi connectivity index (χ3v) is 6.97. The van der Waals surface area contributed by atoms with Gasteiger partial charge in [-0.2, -0.15) is 0 Å². The Balaban J connectivity index is 1.77. The highest BCUT2D eigenvalue weighted by atomic mass is 35.5. The van der Waals surface area contributed by atoms with E-state index in [9.17, 15) is 12.8 Å². The first-order chi connectivity index (χ1) is 15.3. The van der Waals surface area contributed by atoms with Gasteiger partial charge in [0.05, 0.1) is 30.3 Å². The largest absolute Gasteiger partial charge is 0.491 e. The molecule has 0 aliphatic carbocycles. The van der Waals surface area contributed by atoms with E-state index in [1.54, 1.807) is 25.3 Å². The molecule has 2 atom stereocenters. The number of halogens is 2. The number of ether oxygens (including phenoxy) is 3. The van der Waals surface area contributed by atoms with Gasteiger partial charge < -0.3 is 14.2 Å². The Hall–Kier alpha value is -1.75. The maximum absolute atomic E-state index is 14.7. The SMILES string of the molecule is COCCOc1ccc(S(=O)(=O)NC[C@@H](c2c(F)cccc2Cl)N2CCO[C@@H](C)C2)cc1. The molecule has 0 radical (unpaired) electrons. The first kappa shape index (κ1) is 24.9. The Labute approximate surface area is 193 Å². The van der Waals surface area contributed by atoms with E-state index in [0.29, 0.717) is 38.7 Å². The van der Waals surface area contributed by atoms with Crippen molar-refractivity contribution >= 4 is 21.6 Å². The van der Waals surface area contributed by atoms with Crippen molar-refractivity contribution in [3.63, 3.8) is 0 Å². The lowest BCUT2D eigenvalue weighted by molar-refractivity contribution is -0.0342. The predicted molar refractivity (Wildman–Crippen MR) is 120 cm³/mol. The van der Waals surface area contributed by atoms with Gasteiger partial charge in [-0.1, -0.05) is 17.7 Å². The summed E-state index contributed by atoms with van der Waals surface area (Å²) < 4.78 is 59.2. The van der Waals surface area contributed by atoms with Crippen LogP contribution >= 0.6 is 11.6 Å². The summed E-state index contributed by atoms with van der Waals surface area (Å²) in [4.78, 5) is 2.08. The second kappa shape index (κ2) is 11.4. The molecular formula is C22H28ClFN2O5S. The molecule has 2 aromatic rings. The number of methoxy groups -OCH3 is 1. The molecule has 0 amide bonds. The summed E-state index contributed by atoms with van der Waals surface area (Å²) in [6.45, 7) is 4.22. The Morgan fingerprint density at radius 2 is 2.00 bits per heavy atom. The first-order valence-corrected chi connectivity index (χ1v) is 12.2. The fraction of sp³-hybridized carbons (Fsp3) is 0.455. The van der Waals surface area contributed by atoms with E-state index < -0.39 is 21.9 Å². The summed E-state index contributed by atoms with van der Waals surface area (Å²) in [5, 5.41) is 0.255. The van der Waals surface area contributed by atoms with Crippen molar-refractivity contribution in [3.8, 4) is 5.75 Å². The molecule has 0 bridgehead atoms. The van der Waals surface area contributed by atoms with Gasteiger partial charge in [-0.05, 0) is 43.3 Å². The lowest BCUT2D eigenvalue weighted by Gasteiger charge is -2.38. The van der Waals surface area contributed by atoms with Gasteiger partial charge in [-0.25, -0.2) is 17.5 Å². The molecule has 0 saturated carbocycles. The maximum Gasteiger partial charge on any atom is 0.240 e. The molecule has 7 nitrogen and oxygen atoms in total. The van der Waals surface area contributed by atoms with E-state index in [-0.39, 0.29) is 28.1 Å². The number of benzene rings is 2. The second-order valence-corrected chi connectivity index (χ2v) is 9.67. The van der Waals surface area contributed by atoms with Crippen molar-refractivity contribution in [2.24, 2.45) is 0 Å². The number of hydrogen-bond donors (Lipinski definition) is 1. The lowest BCUT2D eigenvalue weighted by Crippen LogP contribution is -2.46. The molecule has 1 saturated heterocycles. The zero-order chi connectivity index (χ0) is 23.1. The van der Waals surface area contributed by atoms with Crippen LogP contribution in [0.15, 0.2) is 47.4 Å². The molecular weight excluding hydrogens is 459 g/mol. The highest BCUT2D eigenvalue weighted by Crippen LogP contribution is 2.31. The normalized spacial score (nSPS) is 18.4. The monoisotopic (exact) mass is 486 g/mol. The number of sulfonamides is 1. The van der Waals surface area contributed by atoms with Gasteiger partial charge in [0.25, 0.3) is 0 Å². The van der Waals surface area contributed by atoms with Crippen LogP contribution < -0.4 is 9.46 Å². The predicted octanol–water partition coefficient (Wildman–Crippen LogP) is 3.24. The van der Waals surface area contributed by atoms with Gasteiger partial charge in [0.2, 0.25) is 10.0 Å². The maximum atomic E-state index is 14.7. The highest BCUT2D eigenvalue weighted by molar-refractivity contribution is 7.89. The first-order valence-electron chi connectivity index (χ1n) is 10.3. The van der Waals surface area contributed by atoms with E-state index in [1.807, 2.05) is 11.8 Å². The van der Waals surface area contributed by atoms with Crippen LogP contribution in [-0.2, 0) is 19.5 Å². The van der Waals surface area contributed by atoms with Crippen LogP contribution in [0.5, 0.6) is 5.75 Å². The Morgan fingerprint density at radius 1 is 1.25 bits per heavy atom. The number of hydrogen-bond acceptors (Lipinski definition) is 6. The number of nitrogens with one attached hydrogen (secondary N) is 1. The Bertz CT molecular complexity index is 970. The average molecular weight is 487 g/mol. The number of rotatable bonds is 10. The van der Waals surface area contributed by atoms with Gasteiger partial charge >= 0.3 is 0 Å². The van der Waals surface area contributed by atoms with Crippen LogP contribution in [0.25, 0.3) is 0 Å². The van der Waals surface area contributed by atoms with Crippen LogP contribution in [0.3, 0.4) is 0 Å². The fourth-order valence-electron chi connectivity index (χ4n) is 3.60. The van der Waals surface area contributed by atoms with E-state index in [4.69, 9.17) is 25.8 Å². The molecule has 32 heavy (non-hydrogen) atoms. The van der Waals surface area contributed by atoms with E-state index >= 15 is 0 Å². The minimum atomic E-state index is -3.84. The third-order valence-electron chi connectivity index (χ3n) is 5.20. The lowest BCUT2D eigenvalue weighted by atomic mass is 10.0. The molecule has 2 aromatic carbocycles. The molecule has 0 spiro atoms. The van der Waals surface area contributed by atoms with E-state index in [0.717, 1.165) is 0 Å². The molecule has 0 unspecified atom stereocenters. The highest BCUT2D eigenvalue weighted by Gasteiger charge is 2.30. The number of nitrogens with zero attached hydrogens (tertiary/aromatic N) is 1. The molecule has 1 aliphatic heterocycles. The molecule has 10 heteroatoms. The summed E-state index contributed by atoms with van der Waals surface area (Å²) in [6.07, 6.45) is -0.0564. The average Bonchev–Trinajstić information content (AvgIpc) is 2.76. The third kappa shape index (κ3) is 6.40. The minimum absolute atomic E-state index is 0.0399. The van der Waals surface area contributed by atoms with Gasteiger partial charge in [0.1, 0.15) is 18.2 Å². The van der Waals surface area contributed by atoms with Crippen LogP contribution in [0.2, 0.25) is 5.02 Å². The van der Waals surface area contributed by atoms with Crippen molar-refractivity contribution in [2.45, 2.75) is 24.0 Å². The molecule has 0 aromatic heterocycles. The van der Waals surface area contributed by atoms with Crippen molar-refractivity contribution in [2.75, 3.05) is 46.6 Å². The van der Waals surface area contributed by atoms with E-state index in [1.165, 1.54) is 24.3 Å². The smallest absolute Gasteiger partial charge is 0.240 e. The molecule has 1 fully saturated rings. The quantitative estimate of drug-likeness (QED) is 0.519. The van der Waals surface area contributed by atoms with Crippen LogP contribution in [0.4, 0.5) is 4.39 Å². The van der Waals surface area contributed by atoms with Crippen LogP contribution in [-0.4, -0.2) is 66.0 Å². The fourth-order valence-corrected chi connectivity index (χ4v) is 4.93. The van der Waals surface area contributed by atoms with E-state index in [2.05, 4.69) is 4.72 Å². The number of morpholine rings is 1. The summed E-state index contributed by atoms with van der Waals surface area (Å²) >= 11 is 6.32. The van der Waals surface area contributed by atoms with Crippen molar-refractivity contribution < 1.29 is 27.0 Å². The molecule has 176 valence electrons. The zero-order valence-corrected chi connectivity index (χ0v) is 19.7. The molecule has 1 heterocycles. The Kier molecular flexibility index (Phi) is 8.87. The van der Waals surface area contributed by atoms with Gasteiger partial charge in [-0.3, -0.25) is 4.90 Å². The van der Waals surface area contributed by atoms with Gasteiger partial charge in [0.15, 0.2) is 0 Å². The summed E-state index contributed by atoms with van der Waals surface area (Å²) in [5.74, 6) is 0.0673. The summed E-state index contributed by atoms with van der Waals surface area (Å²) in [6, 6.07) is 9.97. The summed E-state index contributed by atoms with van der Waals surface area (Å²) in [5.41, 5.74) is 0.271. The van der Waals surface area contributed by atoms with Crippen molar-refractivity contribution in [1.29, 1.82) is 0 Å². The molecule has 3 rings (SSSR count). The summed E-state index contributed by atoms with van der Waals surface area (Å²) in [7, 11) is -2.26. The Morgan fingerprint density at radius 3 is 2.66 bits per heavy atom. The molecule has 1 N–H and O–H groups in total. The van der Waals surface area contributed by atoms with Crippen molar-refractivity contribution in [1.82, 2.24) is 9.62 Å². The van der Waals surface area contributed by atoms with Crippen LogP contribution in [0.1, 0.15) is 18.5 Å². The minimum Gasteiger partial charge on any atom is -0.491 e.